The molecule has 1 aliphatic rings. The van der Waals surface area contributed by atoms with Crippen LogP contribution in [0, 0.1) is 19.3 Å². The summed E-state index contributed by atoms with van der Waals surface area (Å²) >= 11 is 1.70. The maximum absolute atomic E-state index is 13.1. The van der Waals surface area contributed by atoms with E-state index in [1.54, 1.807) is 11.3 Å². The number of ether oxygens (including phenoxy) is 2. The Balaban J connectivity index is 2.24. The molecule has 5 heteroatoms. The number of hydrogen-bond acceptors (Lipinski definition) is 5. The zero-order valence-electron chi connectivity index (χ0n) is 20.8. The minimum absolute atomic E-state index is 0.291. The number of pyridine rings is 1. The van der Waals surface area contributed by atoms with Crippen molar-refractivity contribution in [3.05, 3.63) is 46.0 Å². The largest absolute Gasteiger partial charge is 0.464 e. The number of esters is 1. The highest BCUT2D eigenvalue weighted by Crippen LogP contribution is 2.48. The average Bonchev–Trinajstić information content (AvgIpc) is 3.02. The number of aryl methyl sites for hydroxylation is 2. The molecule has 0 bridgehead atoms. The Morgan fingerprint density at radius 3 is 2.53 bits per heavy atom. The molecule has 4 nitrogen and oxygen atoms in total. The van der Waals surface area contributed by atoms with Gasteiger partial charge in [0.05, 0.1) is 22.8 Å². The van der Waals surface area contributed by atoms with Crippen LogP contribution in [0.3, 0.4) is 0 Å². The van der Waals surface area contributed by atoms with Gasteiger partial charge in [-0.1, -0.05) is 26.0 Å². The van der Waals surface area contributed by atoms with Crippen LogP contribution in [0.4, 0.5) is 0 Å². The topological polar surface area (TPSA) is 48.4 Å². The second-order valence-electron chi connectivity index (χ2n) is 10.4. The van der Waals surface area contributed by atoms with E-state index in [1.165, 1.54) is 5.57 Å². The monoisotopic (exact) mass is 455 g/mol. The van der Waals surface area contributed by atoms with Crippen molar-refractivity contribution in [3.8, 4) is 10.6 Å². The fraction of sp³-hybridized carbons (Fsp3) is 0.556. The van der Waals surface area contributed by atoms with Gasteiger partial charge in [-0.2, -0.15) is 0 Å². The smallest absolute Gasteiger partial charge is 0.340 e. The maximum atomic E-state index is 13.1. The molecule has 174 valence electrons. The van der Waals surface area contributed by atoms with Crippen LogP contribution in [0.1, 0.15) is 88.6 Å². The molecule has 1 unspecified atom stereocenters. The Bertz CT molecular complexity index is 1010. The number of carbonyl (C=O) groups excluding carboxylic acids is 1. The van der Waals surface area contributed by atoms with Gasteiger partial charge in [0.15, 0.2) is 6.10 Å². The Morgan fingerprint density at radius 2 is 1.97 bits per heavy atom. The summed E-state index contributed by atoms with van der Waals surface area (Å²) < 4.78 is 11.8. The number of nitrogens with zero attached hydrogens (tertiary/aromatic N) is 1. The highest BCUT2D eigenvalue weighted by atomic mass is 32.1. The molecule has 0 aliphatic heterocycles. The van der Waals surface area contributed by atoms with E-state index in [9.17, 15) is 4.79 Å². The molecule has 2 aromatic rings. The van der Waals surface area contributed by atoms with Crippen molar-refractivity contribution in [1.29, 1.82) is 0 Å². The van der Waals surface area contributed by atoms with Gasteiger partial charge in [0.25, 0.3) is 0 Å². The van der Waals surface area contributed by atoms with Gasteiger partial charge in [-0.05, 0) is 83.9 Å². The lowest BCUT2D eigenvalue weighted by atomic mass is 9.76. The minimum atomic E-state index is -0.768. The fourth-order valence-corrected chi connectivity index (χ4v) is 5.33. The summed E-state index contributed by atoms with van der Waals surface area (Å²) in [5.41, 5.74) is 5.06. The van der Waals surface area contributed by atoms with Gasteiger partial charge in [-0.3, -0.25) is 4.98 Å². The summed E-state index contributed by atoms with van der Waals surface area (Å²) in [6.45, 7) is 16.8. The molecule has 32 heavy (non-hydrogen) atoms. The van der Waals surface area contributed by atoms with E-state index in [0.717, 1.165) is 51.5 Å². The van der Waals surface area contributed by atoms with Crippen molar-refractivity contribution in [1.82, 2.24) is 4.98 Å². The lowest BCUT2D eigenvalue weighted by Crippen LogP contribution is -2.29. The molecule has 0 radical (unpaired) electrons. The average molecular weight is 456 g/mol. The normalized spacial score (nSPS) is 17.1. The van der Waals surface area contributed by atoms with Crippen molar-refractivity contribution in [2.24, 2.45) is 5.41 Å². The molecule has 0 aromatic carbocycles. The maximum Gasteiger partial charge on any atom is 0.340 e. The Hall–Kier alpha value is -1.98. The first-order valence-corrected chi connectivity index (χ1v) is 12.3. The van der Waals surface area contributed by atoms with E-state index in [4.69, 9.17) is 14.5 Å². The third-order valence-electron chi connectivity index (χ3n) is 5.78. The first-order valence-electron chi connectivity index (χ1n) is 11.5. The molecule has 1 aliphatic carbocycles. The summed E-state index contributed by atoms with van der Waals surface area (Å²) in [5.74, 6) is -0.329. The minimum Gasteiger partial charge on any atom is -0.464 e. The highest BCUT2D eigenvalue weighted by Gasteiger charge is 2.36. The van der Waals surface area contributed by atoms with Crippen molar-refractivity contribution in [2.45, 2.75) is 86.4 Å². The number of allylic oxidation sites excluding steroid dienone is 2. The molecule has 0 saturated carbocycles. The molecule has 0 amide bonds. The lowest BCUT2D eigenvalue weighted by molar-refractivity contribution is -0.166. The van der Waals surface area contributed by atoms with E-state index in [2.05, 4.69) is 32.9 Å². The van der Waals surface area contributed by atoms with Crippen molar-refractivity contribution in [3.63, 3.8) is 0 Å². The molecule has 2 aromatic heterocycles. The number of rotatable bonds is 6. The predicted octanol–water partition coefficient (Wildman–Crippen LogP) is 7.44. The van der Waals surface area contributed by atoms with E-state index < -0.39 is 11.7 Å². The van der Waals surface area contributed by atoms with Gasteiger partial charge in [0.1, 0.15) is 0 Å². The second-order valence-corrected chi connectivity index (χ2v) is 11.6. The van der Waals surface area contributed by atoms with Crippen LogP contribution in [-0.2, 0) is 14.3 Å². The Labute approximate surface area is 197 Å². The van der Waals surface area contributed by atoms with Crippen LogP contribution < -0.4 is 0 Å². The predicted molar refractivity (Wildman–Crippen MR) is 133 cm³/mol. The lowest BCUT2D eigenvalue weighted by Gasteiger charge is -2.31. The van der Waals surface area contributed by atoms with E-state index in [1.807, 2.05) is 46.8 Å². The quantitative estimate of drug-likeness (QED) is 0.425. The summed E-state index contributed by atoms with van der Waals surface area (Å²) in [6.07, 6.45) is 4.68. The molecule has 2 heterocycles. The van der Waals surface area contributed by atoms with Gasteiger partial charge in [0.2, 0.25) is 0 Å². The van der Waals surface area contributed by atoms with Crippen LogP contribution in [-0.4, -0.2) is 23.2 Å². The summed E-state index contributed by atoms with van der Waals surface area (Å²) in [6, 6.07) is 6.11. The third-order valence-corrected chi connectivity index (χ3v) is 6.92. The zero-order valence-corrected chi connectivity index (χ0v) is 21.6. The highest BCUT2D eigenvalue weighted by molar-refractivity contribution is 7.16. The number of hydrogen-bond donors (Lipinski definition) is 0. The Morgan fingerprint density at radius 1 is 1.25 bits per heavy atom. The fourth-order valence-electron chi connectivity index (χ4n) is 4.14. The molecular formula is C27H37NO3S. The zero-order chi connectivity index (χ0) is 23.7. The van der Waals surface area contributed by atoms with E-state index in [-0.39, 0.29) is 5.97 Å². The first-order chi connectivity index (χ1) is 14.9. The SMILES string of the molecule is CCOC(=O)C(OC(C)(C)C)c1c(C)sc(-c2cccc(C)n2)c1C1=CCC(C)(C)CC1. The van der Waals surface area contributed by atoms with Crippen molar-refractivity contribution < 1.29 is 14.3 Å². The summed E-state index contributed by atoms with van der Waals surface area (Å²) in [7, 11) is 0. The van der Waals surface area contributed by atoms with Crippen molar-refractivity contribution >= 4 is 22.9 Å². The van der Waals surface area contributed by atoms with Crippen LogP contribution in [0.25, 0.3) is 16.1 Å². The second kappa shape index (κ2) is 9.48. The van der Waals surface area contributed by atoms with Gasteiger partial charge >= 0.3 is 5.97 Å². The van der Waals surface area contributed by atoms with Crippen molar-refractivity contribution in [2.75, 3.05) is 6.61 Å². The van der Waals surface area contributed by atoms with Gasteiger partial charge < -0.3 is 9.47 Å². The third kappa shape index (κ3) is 5.68. The van der Waals surface area contributed by atoms with Crippen LogP contribution in [0.15, 0.2) is 24.3 Å². The number of aromatic nitrogens is 1. The van der Waals surface area contributed by atoms with E-state index >= 15 is 0 Å². The number of thiophene rings is 1. The molecule has 3 rings (SSSR count). The first kappa shape index (κ1) is 24.7. The molecular weight excluding hydrogens is 418 g/mol. The standard InChI is InChI=1S/C27H37NO3S/c1-9-30-25(29)23(31-26(4,5)6)21-18(3)32-24(20-12-10-11-17(2)28-20)22(21)19-13-15-27(7,8)16-14-19/h10-13,23H,9,14-16H2,1-8H3. The van der Waals surface area contributed by atoms with Gasteiger partial charge in [-0.25, -0.2) is 4.79 Å². The summed E-state index contributed by atoms with van der Waals surface area (Å²) in [5, 5.41) is 0. The molecule has 1 atom stereocenters. The molecule has 0 N–H and O–H groups in total. The van der Waals surface area contributed by atoms with Gasteiger partial charge in [0, 0.05) is 21.7 Å². The van der Waals surface area contributed by atoms with Crippen LogP contribution in [0.5, 0.6) is 0 Å². The van der Waals surface area contributed by atoms with Crippen LogP contribution in [0.2, 0.25) is 0 Å². The van der Waals surface area contributed by atoms with Crippen LogP contribution >= 0.6 is 11.3 Å². The molecule has 0 fully saturated rings. The molecule has 0 spiro atoms. The van der Waals surface area contributed by atoms with Gasteiger partial charge in [-0.15, -0.1) is 11.3 Å². The molecule has 0 saturated heterocycles. The number of carbonyl (C=O) groups is 1. The van der Waals surface area contributed by atoms with E-state index in [0.29, 0.717) is 12.0 Å². The summed E-state index contributed by atoms with van der Waals surface area (Å²) in [4.78, 5) is 20.1. The Kier molecular flexibility index (Phi) is 7.31.